The summed E-state index contributed by atoms with van der Waals surface area (Å²) in [5, 5.41) is 2.72. The van der Waals surface area contributed by atoms with Crippen molar-refractivity contribution in [1.82, 2.24) is 15.1 Å². The zero-order chi connectivity index (χ0) is 18.7. The number of carbonyl (C=O) groups is 3. The summed E-state index contributed by atoms with van der Waals surface area (Å²) in [6.45, 7) is 5.49. The van der Waals surface area contributed by atoms with Crippen molar-refractivity contribution in [2.75, 3.05) is 19.6 Å². The fourth-order valence-corrected chi connectivity index (χ4v) is 3.98. The van der Waals surface area contributed by atoms with Crippen molar-refractivity contribution < 1.29 is 14.4 Å². The Kier molecular flexibility index (Phi) is 5.59. The normalized spacial score (nSPS) is 26.2. The molecular weight excluding hydrogens is 330 g/mol. The number of hydrogen-bond acceptors (Lipinski definition) is 3. The van der Waals surface area contributed by atoms with Gasteiger partial charge in [0.1, 0.15) is 12.6 Å². The van der Waals surface area contributed by atoms with Crippen LogP contribution < -0.4 is 5.32 Å². The molecule has 3 atom stereocenters. The number of likely N-dealkylation sites (tertiary alicyclic amines) is 1. The summed E-state index contributed by atoms with van der Waals surface area (Å²) in [6.07, 6.45) is 2.35. The van der Waals surface area contributed by atoms with E-state index in [0.29, 0.717) is 37.8 Å². The lowest BCUT2D eigenvalue weighted by Crippen LogP contribution is -2.48. The van der Waals surface area contributed by atoms with E-state index in [-0.39, 0.29) is 18.4 Å². The zero-order valence-electron chi connectivity index (χ0n) is 15.5. The Labute approximate surface area is 154 Å². The Balaban J connectivity index is 1.56. The first kappa shape index (κ1) is 18.4. The van der Waals surface area contributed by atoms with Crippen LogP contribution in [0.2, 0.25) is 0 Å². The van der Waals surface area contributed by atoms with Crippen LogP contribution in [0.15, 0.2) is 30.3 Å². The van der Waals surface area contributed by atoms with Gasteiger partial charge in [-0.25, -0.2) is 4.79 Å². The molecule has 26 heavy (non-hydrogen) atoms. The van der Waals surface area contributed by atoms with Crippen molar-refractivity contribution in [2.45, 2.75) is 39.2 Å². The third-order valence-corrected chi connectivity index (χ3v) is 5.19. The van der Waals surface area contributed by atoms with Gasteiger partial charge >= 0.3 is 6.03 Å². The number of carbonyl (C=O) groups excluding carboxylic acids is 3. The van der Waals surface area contributed by atoms with Crippen LogP contribution in [0.25, 0.3) is 0 Å². The summed E-state index contributed by atoms with van der Waals surface area (Å²) in [5.41, 5.74) is 1.13. The van der Waals surface area contributed by atoms with Gasteiger partial charge in [0.05, 0.1) is 0 Å². The molecule has 2 heterocycles. The summed E-state index contributed by atoms with van der Waals surface area (Å²) in [7, 11) is 0. The number of urea groups is 1. The number of imide groups is 1. The fourth-order valence-electron chi connectivity index (χ4n) is 3.98. The van der Waals surface area contributed by atoms with E-state index in [1.165, 1.54) is 0 Å². The quantitative estimate of drug-likeness (QED) is 0.820. The Morgan fingerprint density at radius 2 is 1.77 bits per heavy atom. The van der Waals surface area contributed by atoms with Gasteiger partial charge in [-0.2, -0.15) is 0 Å². The van der Waals surface area contributed by atoms with Gasteiger partial charge in [-0.05, 0) is 36.7 Å². The second-order valence-corrected chi connectivity index (χ2v) is 7.70. The highest BCUT2D eigenvalue weighted by atomic mass is 16.2. The maximum absolute atomic E-state index is 12.6. The van der Waals surface area contributed by atoms with Gasteiger partial charge in [0.2, 0.25) is 5.91 Å². The van der Waals surface area contributed by atoms with Crippen LogP contribution in [0.3, 0.4) is 0 Å². The van der Waals surface area contributed by atoms with Gasteiger partial charge in [-0.15, -0.1) is 0 Å². The van der Waals surface area contributed by atoms with E-state index >= 15 is 0 Å². The molecule has 2 aliphatic heterocycles. The molecule has 1 aromatic rings. The molecule has 6 heteroatoms. The predicted octanol–water partition coefficient (Wildman–Crippen LogP) is 2.04. The van der Waals surface area contributed by atoms with E-state index in [9.17, 15) is 14.4 Å². The molecule has 140 valence electrons. The van der Waals surface area contributed by atoms with Crippen LogP contribution in [0, 0.1) is 11.8 Å². The molecule has 0 saturated carbocycles. The first-order chi connectivity index (χ1) is 12.4. The summed E-state index contributed by atoms with van der Waals surface area (Å²) in [4.78, 5) is 40.2. The lowest BCUT2D eigenvalue weighted by Gasteiger charge is -2.35. The third-order valence-electron chi connectivity index (χ3n) is 5.19. The van der Waals surface area contributed by atoms with Crippen molar-refractivity contribution in [3.05, 3.63) is 35.9 Å². The molecule has 2 fully saturated rings. The first-order valence-electron chi connectivity index (χ1n) is 9.37. The molecule has 3 unspecified atom stereocenters. The lowest BCUT2D eigenvalue weighted by molar-refractivity contribution is -0.139. The molecule has 3 rings (SSSR count). The summed E-state index contributed by atoms with van der Waals surface area (Å²) < 4.78 is 0. The molecule has 0 aliphatic carbocycles. The van der Waals surface area contributed by atoms with E-state index in [0.717, 1.165) is 16.9 Å². The van der Waals surface area contributed by atoms with E-state index in [1.807, 2.05) is 30.3 Å². The van der Waals surface area contributed by atoms with E-state index in [2.05, 4.69) is 19.2 Å². The average Bonchev–Trinajstić information content (AvgIpc) is 2.87. The van der Waals surface area contributed by atoms with Crippen molar-refractivity contribution in [3.63, 3.8) is 0 Å². The number of rotatable bonds is 5. The highest BCUT2D eigenvalue weighted by Gasteiger charge is 2.39. The minimum atomic E-state index is -0.547. The maximum Gasteiger partial charge on any atom is 0.325 e. The van der Waals surface area contributed by atoms with Gasteiger partial charge < -0.3 is 10.2 Å². The van der Waals surface area contributed by atoms with Crippen LogP contribution in [0.1, 0.15) is 32.3 Å². The SMILES string of the molecule is CC1CC(C)CN(C(=O)CN2C(=O)NC(CCc3ccccc3)C2=O)C1. The van der Waals surface area contributed by atoms with Crippen LogP contribution in [-0.4, -0.2) is 53.3 Å². The number of aryl methyl sites for hydroxylation is 1. The second-order valence-electron chi connectivity index (χ2n) is 7.70. The minimum Gasteiger partial charge on any atom is -0.341 e. The van der Waals surface area contributed by atoms with Gasteiger partial charge in [0.25, 0.3) is 5.91 Å². The number of nitrogens with zero attached hydrogens (tertiary/aromatic N) is 2. The number of nitrogens with one attached hydrogen (secondary N) is 1. The first-order valence-corrected chi connectivity index (χ1v) is 9.37. The van der Waals surface area contributed by atoms with Crippen LogP contribution >= 0.6 is 0 Å². The highest BCUT2D eigenvalue weighted by Crippen LogP contribution is 2.21. The lowest BCUT2D eigenvalue weighted by atomic mass is 9.92. The highest BCUT2D eigenvalue weighted by molar-refractivity contribution is 6.06. The van der Waals surface area contributed by atoms with Crippen molar-refractivity contribution in [2.24, 2.45) is 11.8 Å². The summed E-state index contributed by atoms with van der Waals surface area (Å²) in [6, 6.07) is 8.85. The molecule has 6 nitrogen and oxygen atoms in total. The third kappa shape index (κ3) is 4.23. The largest absolute Gasteiger partial charge is 0.341 e. The molecule has 0 radical (unpaired) electrons. The predicted molar refractivity (Wildman–Crippen MR) is 98.3 cm³/mol. The molecular formula is C20H27N3O3. The molecule has 1 N–H and O–H groups in total. The molecule has 4 amide bonds. The maximum atomic E-state index is 12.6. The standard InChI is InChI=1S/C20H27N3O3/c1-14-10-15(2)12-22(11-14)18(24)13-23-19(25)17(21-20(23)26)9-8-16-6-4-3-5-7-16/h3-7,14-15,17H,8-13H2,1-2H3,(H,21,26). The molecule has 2 saturated heterocycles. The summed E-state index contributed by atoms with van der Waals surface area (Å²) >= 11 is 0. The number of amides is 4. The zero-order valence-corrected chi connectivity index (χ0v) is 15.5. The van der Waals surface area contributed by atoms with Gasteiger partial charge in [-0.3, -0.25) is 14.5 Å². The van der Waals surface area contributed by atoms with Crippen molar-refractivity contribution in [1.29, 1.82) is 0 Å². The van der Waals surface area contributed by atoms with Crippen LogP contribution in [-0.2, 0) is 16.0 Å². The monoisotopic (exact) mass is 357 g/mol. The molecule has 2 aliphatic rings. The fraction of sp³-hybridized carbons (Fsp3) is 0.550. The van der Waals surface area contributed by atoms with Crippen molar-refractivity contribution in [3.8, 4) is 0 Å². The van der Waals surface area contributed by atoms with Gasteiger partial charge in [0.15, 0.2) is 0 Å². The minimum absolute atomic E-state index is 0.143. The van der Waals surface area contributed by atoms with E-state index in [1.54, 1.807) is 4.90 Å². The van der Waals surface area contributed by atoms with E-state index < -0.39 is 12.1 Å². The Bertz CT molecular complexity index is 666. The number of hydrogen-bond donors (Lipinski definition) is 1. The van der Waals surface area contributed by atoms with E-state index in [4.69, 9.17) is 0 Å². The summed E-state index contributed by atoms with van der Waals surface area (Å²) in [5.74, 6) is 0.460. The Hall–Kier alpha value is -2.37. The number of benzene rings is 1. The molecule has 0 bridgehead atoms. The Morgan fingerprint density at radius 1 is 1.12 bits per heavy atom. The van der Waals surface area contributed by atoms with Crippen LogP contribution in [0.5, 0.6) is 0 Å². The smallest absolute Gasteiger partial charge is 0.325 e. The van der Waals surface area contributed by atoms with Gasteiger partial charge in [-0.1, -0.05) is 44.2 Å². The average molecular weight is 357 g/mol. The number of piperidine rings is 1. The van der Waals surface area contributed by atoms with Gasteiger partial charge in [0, 0.05) is 13.1 Å². The van der Waals surface area contributed by atoms with Crippen LogP contribution in [0.4, 0.5) is 4.79 Å². The van der Waals surface area contributed by atoms with Crippen molar-refractivity contribution >= 4 is 17.8 Å². The molecule has 0 spiro atoms. The molecule has 1 aromatic carbocycles. The Morgan fingerprint density at radius 3 is 2.42 bits per heavy atom. The topological polar surface area (TPSA) is 69.7 Å². The molecule has 0 aromatic heterocycles. The second kappa shape index (κ2) is 7.89.